The molecule has 2 heterocycles. The van der Waals surface area contributed by atoms with E-state index >= 15 is 4.39 Å². The predicted octanol–water partition coefficient (Wildman–Crippen LogP) is 8.11. The van der Waals surface area contributed by atoms with Crippen LogP contribution in [0.25, 0.3) is 28.0 Å². The highest BCUT2D eigenvalue weighted by Gasteiger charge is 2.44. The van der Waals surface area contributed by atoms with Gasteiger partial charge in [0.25, 0.3) is 0 Å². The van der Waals surface area contributed by atoms with Crippen LogP contribution in [0.4, 0.5) is 14.5 Å². The summed E-state index contributed by atoms with van der Waals surface area (Å²) in [6, 6.07) is 26.8. The van der Waals surface area contributed by atoms with Gasteiger partial charge in [-0.1, -0.05) is 68.5 Å². The fourth-order valence-corrected chi connectivity index (χ4v) is 7.57. The molecule has 1 fully saturated rings. The summed E-state index contributed by atoms with van der Waals surface area (Å²) in [5.74, 6) is 0.0363. The Hall–Kier alpha value is -4.05. The topological polar surface area (TPSA) is 21.7 Å². The van der Waals surface area contributed by atoms with Gasteiger partial charge in [-0.2, -0.15) is 0 Å². The number of morpholine rings is 1. The zero-order chi connectivity index (χ0) is 30.2. The Morgan fingerprint density at radius 1 is 0.773 bits per heavy atom. The van der Waals surface area contributed by atoms with Crippen LogP contribution < -0.4 is 14.9 Å². The van der Waals surface area contributed by atoms with Gasteiger partial charge < -0.3 is 14.4 Å². The first kappa shape index (κ1) is 27.5. The summed E-state index contributed by atoms with van der Waals surface area (Å²) >= 11 is 0. The van der Waals surface area contributed by atoms with Gasteiger partial charge in [-0.25, -0.2) is 8.78 Å². The summed E-state index contributed by atoms with van der Waals surface area (Å²) in [5, 5.41) is 2.67. The van der Waals surface area contributed by atoms with Gasteiger partial charge in [0.05, 0.1) is 13.2 Å². The molecule has 0 amide bonds. The lowest BCUT2D eigenvalue weighted by Gasteiger charge is -2.39. The second-order valence-electron chi connectivity index (χ2n) is 12.4. The van der Waals surface area contributed by atoms with Crippen LogP contribution in [-0.4, -0.2) is 26.3 Å². The second-order valence-corrected chi connectivity index (χ2v) is 13.1. The summed E-state index contributed by atoms with van der Waals surface area (Å²) in [7, 11) is 2.74. The van der Waals surface area contributed by atoms with Crippen LogP contribution in [0.2, 0.25) is 0 Å². The van der Waals surface area contributed by atoms with Gasteiger partial charge in [0.2, 0.25) is 0 Å². The highest BCUT2D eigenvalue weighted by molar-refractivity contribution is 7.27. The highest BCUT2D eigenvalue weighted by atomic mass is 31.0. The number of benzene rings is 5. The molecule has 3 aliphatic rings. The van der Waals surface area contributed by atoms with E-state index in [0.717, 1.165) is 81.6 Å². The monoisotopic (exact) mass is 603 g/mol. The van der Waals surface area contributed by atoms with Gasteiger partial charge >= 0.3 is 0 Å². The summed E-state index contributed by atoms with van der Waals surface area (Å²) < 4.78 is 42.4. The molecule has 5 aromatic rings. The van der Waals surface area contributed by atoms with Crippen LogP contribution in [0.3, 0.4) is 0 Å². The normalized spacial score (nSPS) is 19.8. The fourth-order valence-electron chi connectivity index (χ4n) is 7.38. The van der Waals surface area contributed by atoms with E-state index in [1.165, 1.54) is 12.1 Å². The van der Waals surface area contributed by atoms with Crippen molar-refractivity contribution < 1.29 is 18.3 Å². The Bertz CT molecular complexity index is 1980. The third-order valence-corrected chi connectivity index (χ3v) is 9.95. The molecule has 1 saturated heterocycles. The largest absolute Gasteiger partial charge is 0.472 e. The molecule has 2 unspecified atom stereocenters. The Kier molecular flexibility index (Phi) is 6.24. The minimum Gasteiger partial charge on any atom is -0.472 e. The minimum atomic E-state index is -0.954. The van der Waals surface area contributed by atoms with E-state index in [9.17, 15) is 4.39 Å². The van der Waals surface area contributed by atoms with E-state index in [0.29, 0.717) is 11.1 Å². The van der Waals surface area contributed by atoms with Crippen molar-refractivity contribution in [2.45, 2.75) is 24.9 Å². The molecular weight excluding hydrogens is 571 g/mol. The number of fused-ring (bicyclic) bond motifs is 8. The lowest BCUT2D eigenvalue weighted by atomic mass is 9.76. The van der Waals surface area contributed by atoms with Crippen molar-refractivity contribution >= 4 is 37.1 Å². The number of ether oxygens (including phenoxy) is 2. The molecule has 0 spiro atoms. The Balaban J connectivity index is 1.37. The van der Waals surface area contributed by atoms with Crippen molar-refractivity contribution in [3.8, 4) is 16.9 Å². The molecule has 0 bridgehead atoms. The summed E-state index contributed by atoms with van der Waals surface area (Å²) in [5.41, 5.74) is 6.53. The van der Waals surface area contributed by atoms with Gasteiger partial charge in [0, 0.05) is 46.3 Å². The van der Waals surface area contributed by atoms with Crippen molar-refractivity contribution in [3.63, 3.8) is 0 Å². The highest BCUT2D eigenvalue weighted by Crippen LogP contribution is 2.58. The number of hydrogen-bond acceptors (Lipinski definition) is 3. The van der Waals surface area contributed by atoms with Gasteiger partial charge in [0.15, 0.2) is 5.60 Å². The lowest BCUT2D eigenvalue weighted by molar-refractivity contribution is 0.122. The molecule has 0 saturated carbocycles. The third-order valence-electron chi connectivity index (χ3n) is 9.57. The summed E-state index contributed by atoms with van der Waals surface area (Å²) in [6.07, 6.45) is 4.26. The van der Waals surface area contributed by atoms with Crippen LogP contribution in [0, 0.1) is 11.6 Å². The maximum atomic E-state index is 15.0. The molecule has 220 valence electrons. The first-order valence-electron chi connectivity index (χ1n) is 15.0. The van der Waals surface area contributed by atoms with Crippen LogP contribution in [0.1, 0.15) is 41.7 Å². The van der Waals surface area contributed by atoms with Crippen molar-refractivity contribution in [1.29, 1.82) is 0 Å². The van der Waals surface area contributed by atoms with Crippen molar-refractivity contribution in [1.82, 2.24) is 0 Å². The van der Waals surface area contributed by atoms with Crippen molar-refractivity contribution in [2.24, 2.45) is 0 Å². The van der Waals surface area contributed by atoms with E-state index in [2.05, 4.69) is 88.7 Å². The second kappa shape index (κ2) is 9.99. The zero-order valence-electron chi connectivity index (χ0n) is 24.7. The van der Waals surface area contributed by atoms with Gasteiger partial charge in [0.1, 0.15) is 17.4 Å². The van der Waals surface area contributed by atoms with Crippen LogP contribution in [-0.2, 0) is 15.8 Å². The SMILES string of the molecule is CC1(C)c2cc(F)ccc2-c2c1c1c(c3cc(F)ccc23)OC(c2ccc(P)cc2)(c2ccc(N3CCOCC3)cc2)C=C1. The Labute approximate surface area is 258 Å². The molecule has 8 rings (SSSR count). The molecule has 0 N–H and O–H groups in total. The standard InChI is InChI=1S/C38H32F2NO2P/c1-37(2)33-22-26(40)8-14-30(33)34-29-13-7-25(39)21-32(29)36-31(35(34)37)15-16-38(43-36,24-5-11-28(44)12-6-24)23-3-9-27(10-4-23)41-17-19-42-20-18-41/h3-16,21-22H,17-20,44H2,1-2H3. The molecular formula is C38H32F2NO2P. The predicted molar refractivity (Wildman–Crippen MR) is 177 cm³/mol. The average Bonchev–Trinajstić information content (AvgIpc) is 3.27. The lowest BCUT2D eigenvalue weighted by Crippen LogP contribution is -2.37. The molecule has 2 aliphatic heterocycles. The first-order valence-corrected chi connectivity index (χ1v) is 15.6. The zero-order valence-corrected chi connectivity index (χ0v) is 25.8. The first-order chi connectivity index (χ1) is 21.3. The molecule has 0 aromatic heterocycles. The van der Waals surface area contributed by atoms with Gasteiger partial charge in [-0.05, 0) is 75.4 Å². The summed E-state index contributed by atoms with van der Waals surface area (Å²) in [4.78, 5) is 2.33. The van der Waals surface area contributed by atoms with Crippen molar-refractivity contribution in [2.75, 3.05) is 31.2 Å². The van der Waals surface area contributed by atoms with Crippen LogP contribution in [0.15, 0.2) is 91.0 Å². The molecule has 5 aromatic carbocycles. The Morgan fingerprint density at radius 3 is 2.16 bits per heavy atom. The number of halogens is 2. The van der Waals surface area contributed by atoms with Crippen LogP contribution >= 0.6 is 9.24 Å². The maximum absolute atomic E-state index is 15.0. The van der Waals surface area contributed by atoms with E-state index in [-0.39, 0.29) is 11.6 Å². The molecule has 2 atom stereocenters. The fraction of sp³-hybridized carbons (Fsp3) is 0.211. The Morgan fingerprint density at radius 2 is 1.43 bits per heavy atom. The van der Waals surface area contributed by atoms with E-state index in [4.69, 9.17) is 9.47 Å². The molecule has 44 heavy (non-hydrogen) atoms. The van der Waals surface area contributed by atoms with Crippen molar-refractivity contribution in [3.05, 3.63) is 130 Å². The molecule has 3 nitrogen and oxygen atoms in total. The number of anilines is 1. The molecule has 0 radical (unpaired) electrons. The maximum Gasteiger partial charge on any atom is 0.178 e. The van der Waals surface area contributed by atoms with E-state index in [1.54, 1.807) is 12.1 Å². The van der Waals surface area contributed by atoms with Gasteiger partial charge in [-0.15, -0.1) is 9.24 Å². The third kappa shape index (κ3) is 4.06. The van der Waals surface area contributed by atoms with E-state index in [1.807, 2.05) is 12.1 Å². The number of rotatable bonds is 3. The molecule has 6 heteroatoms. The quantitative estimate of drug-likeness (QED) is 0.195. The van der Waals surface area contributed by atoms with Crippen LogP contribution in [0.5, 0.6) is 5.75 Å². The minimum absolute atomic E-state index is 0.266. The van der Waals surface area contributed by atoms with Gasteiger partial charge in [-0.3, -0.25) is 0 Å². The number of nitrogens with zero attached hydrogens (tertiary/aromatic N) is 1. The summed E-state index contributed by atoms with van der Waals surface area (Å²) in [6.45, 7) is 7.41. The number of hydrogen-bond donors (Lipinski definition) is 0. The van der Waals surface area contributed by atoms with E-state index < -0.39 is 11.0 Å². The smallest absolute Gasteiger partial charge is 0.178 e. The average molecular weight is 604 g/mol. The molecule has 1 aliphatic carbocycles.